The summed E-state index contributed by atoms with van der Waals surface area (Å²) in [6, 6.07) is 30.9. The highest BCUT2D eigenvalue weighted by atomic mass is 16.5. The molecule has 2 aliphatic rings. The zero-order valence-electron chi connectivity index (χ0n) is 35.3. The molecule has 0 bridgehead atoms. The summed E-state index contributed by atoms with van der Waals surface area (Å²) in [5.74, 6) is 1.56. The molecule has 0 radical (unpaired) electrons. The van der Waals surface area contributed by atoms with Crippen LogP contribution in [0.4, 0.5) is 11.6 Å². The number of carbonyl (C=O) groups is 3. The number of benzene rings is 4. The standard InChI is InChI=1S/C24H25N3O3.C21H22N4O2.C2H6/c1-16(28)14-17-10-12-27(13-11-17)23-22(18-6-4-3-5-7-18)25-20-9-8-19(24(29)30-2)15-21(20)26-23;1-27-21(26)15-7-8-17-18(13-15)24-20(25-11-9-16(22)10-12-25)19(23-17)14-5-3-2-4-6-14;1-2/h3-9,15,17H,10-14H2,1-2H3;2-8,13,16H,9-12,22H2,1H3;1-2H3/i;;1D. The van der Waals surface area contributed by atoms with Crippen LogP contribution in [0.15, 0.2) is 97.1 Å². The van der Waals surface area contributed by atoms with Gasteiger partial charge in [0.05, 0.1) is 47.4 Å². The van der Waals surface area contributed by atoms with Gasteiger partial charge in [-0.3, -0.25) is 0 Å². The van der Waals surface area contributed by atoms with E-state index in [-0.39, 0.29) is 17.8 Å². The van der Waals surface area contributed by atoms with Gasteiger partial charge >= 0.3 is 11.9 Å². The Morgan fingerprint density at radius 1 is 0.644 bits per heavy atom. The number of ketones is 1. The highest BCUT2D eigenvalue weighted by Gasteiger charge is 2.26. The van der Waals surface area contributed by atoms with E-state index in [0.29, 0.717) is 41.4 Å². The van der Waals surface area contributed by atoms with E-state index >= 15 is 0 Å². The number of carbonyl (C=O) groups excluding carboxylic acids is 3. The average Bonchev–Trinajstić information content (AvgIpc) is 3.28. The first-order chi connectivity index (χ1) is 29.1. The summed E-state index contributed by atoms with van der Waals surface area (Å²) in [5, 5.41) is 0. The number of methoxy groups -OCH3 is 2. The summed E-state index contributed by atoms with van der Waals surface area (Å²) >= 11 is 0. The van der Waals surface area contributed by atoms with E-state index in [1.807, 2.05) is 72.8 Å². The van der Waals surface area contributed by atoms with E-state index in [2.05, 4.69) is 9.80 Å². The van der Waals surface area contributed by atoms with Crippen molar-refractivity contribution in [3.8, 4) is 22.5 Å². The van der Waals surface area contributed by atoms with Crippen LogP contribution >= 0.6 is 0 Å². The molecule has 2 saturated heterocycles. The quantitative estimate of drug-likeness (QED) is 0.147. The molecule has 4 heterocycles. The number of piperidine rings is 2. The number of hydrogen-bond acceptors (Lipinski definition) is 12. The number of nitrogens with zero attached hydrogens (tertiary/aromatic N) is 6. The molecule has 12 nitrogen and oxygen atoms in total. The topological polar surface area (TPSA) is 154 Å². The highest BCUT2D eigenvalue weighted by molar-refractivity contribution is 5.95. The summed E-state index contributed by atoms with van der Waals surface area (Å²) in [4.78, 5) is 59.4. The number of Topliss-reactive ketones (excluding diaryl/α,β-unsaturated/α-hetero) is 1. The second-order valence-electron chi connectivity index (χ2n) is 14.6. The third-order valence-corrected chi connectivity index (χ3v) is 10.6. The van der Waals surface area contributed by atoms with Gasteiger partial charge < -0.3 is 29.8 Å². The molecule has 0 unspecified atom stereocenters. The number of rotatable bonds is 8. The lowest BCUT2D eigenvalue weighted by atomic mass is 9.92. The first kappa shape index (κ1) is 40.9. The Balaban J connectivity index is 0.000000190. The van der Waals surface area contributed by atoms with Crippen molar-refractivity contribution in [2.45, 2.75) is 58.9 Å². The maximum atomic E-state index is 11.9. The van der Waals surface area contributed by atoms with Gasteiger partial charge in [-0.2, -0.15) is 0 Å². The normalized spacial score (nSPS) is 14.7. The molecule has 8 rings (SSSR count). The van der Waals surface area contributed by atoms with E-state index in [1.165, 1.54) is 14.2 Å². The molecule has 0 spiro atoms. The van der Waals surface area contributed by atoms with Crippen LogP contribution in [0.2, 0.25) is 0 Å². The summed E-state index contributed by atoms with van der Waals surface area (Å²) in [6.07, 6.45) is 4.41. The van der Waals surface area contributed by atoms with Gasteiger partial charge in [0.25, 0.3) is 0 Å². The highest BCUT2D eigenvalue weighted by Crippen LogP contribution is 2.34. The fraction of sp³-hybridized carbons (Fsp3) is 0.340. The van der Waals surface area contributed by atoms with Gasteiger partial charge in [-0.25, -0.2) is 29.5 Å². The molecule has 306 valence electrons. The van der Waals surface area contributed by atoms with Crippen molar-refractivity contribution in [1.82, 2.24) is 19.9 Å². The first-order valence-corrected chi connectivity index (χ1v) is 20.1. The van der Waals surface area contributed by atoms with Gasteiger partial charge in [-0.05, 0) is 74.9 Å². The van der Waals surface area contributed by atoms with Crippen LogP contribution in [0.3, 0.4) is 0 Å². The second kappa shape index (κ2) is 19.9. The van der Waals surface area contributed by atoms with Crippen molar-refractivity contribution < 1.29 is 25.2 Å². The Labute approximate surface area is 347 Å². The number of anilines is 2. The summed E-state index contributed by atoms with van der Waals surface area (Å²) in [7, 11) is 2.74. The van der Waals surface area contributed by atoms with Crippen LogP contribution in [-0.4, -0.2) is 84.1 Å². The van der Waals surface area contributed by atoms with E-state index in [9.17, 15) is 14.4 Å². The molecule has 6 aromatic rings. The maximum absolute atomic E-state index is 11.9. The van der Waals surface area contributed by atoms with Crippen molar-refractivity contribution in [3.05, 3.63) is 108 Å². The zero-order valence-corrected chi connectivity index (χ0v) is 34.3. The Morgan fingerprint density at radius 3 is 1.44 bits per heavy atom. The monoisotopic (exact) mass is 796 g/mol. The van der Waals surface area contributed by atoms with Crippen LogP contribution in [-0.2, 0) is 14.3 Å². The second-order valence-corrected chi connectivity index (χ2v) is 14.6. The lowest BCUT2D eigenvalue weighted by Crippen LogP contribution is -2.40. The van der Waals surface area contributed by atoms with Crippen LogP contribution in [0.1, 0.15) is 74.9 Å². The summed E-state index contributed by atoms with van der Waals surface area (Å²) < 4.78 is 15.9. The predicted octanol–water partition coefficient (Wildman–Crippen LogP) is 8.32. The predicted molar refractivity (Wildman–Crippen MR) is 234 cm³/mol. The Bertz CT molecular complexity index is 2400. The molecule has 59 heavy (non-hydrogen) atoms. The first-order valence-electron chi connectivity index (χ1n) is 20.8. The number of ether oxygens (including phenoxy) is 2. The maximum Gasteiger partial charge on any atom is 0.337 e. The molecule has 0 aliphatic carbocycles. The number of hydrogen-bond donors (Lipinski definition) is 1. The molecule has 0 saturated carbocycles. The SMILES string of the molecule is COC(=O)c1ccc2nc(-c3ccccc3)c(N3CCC(CC(C)=O)CC3)nc2c1.COC(=O)c1ccc2nc(-c3ccccc3)c(N3CCC(N)CC3)nc2c1.[2H]CC. The molecule has 0 atom stereocenters. The molecular weight excluding hydrogens is 743 g/mol. The molecule has 2 aliphatic heterocycles. The van der Waals surface area contributed by atoms with Gasteiger partial charge in [0.15, 0.2) is 11.6 Å². The van der Waals surface area contributed by atoms with Crippen molar-refractivity contribution in [3.63, 3.8) is 0 Å². The van der Waals surface area contributed by atoms with Crippen LogP contribution in [0.25, 0.3) is 44.6 Å². The minimum Gasteiger partial charge on any atom is -0.465 e. The Kier molecular flexibility index (Phi) is 13.8. The minimum atomic E-state index is -0.391. The average molecular weight is 797 g/mol. The largest absolute Gasteiger partial charge is 0.465 e. The van der Waals surface area contributed by atoms with E-state index in [0.717, 1.165) is 97.0 Å². The summed E-state index contributed by atoms with van der Waals surface area (Å²) in [6.45, 7) is 7.30. The smallest absolute Gasteiger partial charge is 0.337 e. The van der Waals surface area contributed by atoms with Gasteiger partial charge in [-0.15, -0.1) is 0 Å². The van der Waals surface area contributed by atoms with Crippen molar-refractivity contribution in [1.29, 1.82) is 0 Å². The molecular formula is C47H53N7O5. The molecule has 4 aromatic carbocycles. The molecule has 2 fully saturated rings. The van der Waals surface area contributed by atoms with Crippen LogP contribution < -0.4 is 15.5 Å². The molecule has 12 heteroatoms. The van der Waals surface area contributed by atoms with Gasteiger partial charge in [0.1, 0.15) is 17.2 Å². The Hall–Kier alpha value is -6.27. The number of aromatic nitrogens is 4. The van der Waals surface area contributed by atoms with Gasteiger partial charge in [0.2, 0.25) is 0 Å². The fourth-order valence-corrected chi connectivity index (χ4v) is 7.47. The number of esters is 2. The Morgan fingerprint density at radius 2 is 1.05 bits per heavy atom. The van der Waals surface area contributed by atoms with Crippen molar-refractivity contribution in [2.24, 2.45) is 11.7 Å². The van der Waals surface area contributed by atoms with Crippen molar-refractivity contribution in [2.75, 3.05) is 50.2 Å². The molecule has 0 amide bonds. The lowest BCUT2D eigenvalue weighted by molar-refractivity contribution is -0.118. The third kappa shape index (κ3) is 10.2. The van der Waals surface area contributed by atoms with E-state index in [4.69, 9.17) is 36.5 Å². The van der Waals surface area contributed by atoms with Crippen LogP contribution in [0.5, 0.6) is 0 Å². The minimum absolute atomic E-state index is 0.237. The number of fused-ring (bicyclic) bond motifs is 2. The van der Waals surface area contributed by atoms with E-state index < -0.39 is 5.97 Å². The number of nitrogens with two attached hydrogens (primary N) is 1. The van der Waals surface area contributed by atoms with Gasteiger partial charge in [0, 0.05) is 51.1 Å². The summed E-state index contributed by atoms with van der Waals surface area (Å²) in [5.41, 5.74) is 13.5. The fourth-order valence-electron chi connectivity index (χ4n) is 7.47. The third-order valence-electron chi connectivity index (χ3n) is 10.6. The van der Waals surface area contributed by atoms with Gasteiger partial charge in [-0.1, -0.05) is 74.5 Å². The van der Waals surface area contributed by atoms with Crippen LogP contribution in [0, 0.1) is 5.92 Å². The molecule has 2 N–H and O–H groups in total. The van der Waals surface area contributed by atoms with Crippen molar-refractivity contribution >= 4 is 51.4 Å². The van der Waals surface area contributed by atoms with E-state index in [1.54, 1.807) is 38.1 Å². The lowest BCUT2D eigenvalue weighted by Gasteiger charge is -2.33. The molecule has 2 aromatic heterocycles. The zero-order chi connectivity index (χ0) is 42.6.